The molecule has 0 heterocycles. The van der Waals surface area contributed by atoms with Gasteiger partial charge in [0.1, 0.15) is 5.60 Å². The van der Waals surface area contributed by atoms with Gasteiger partial charge in [0.05, 0.1) is 0 Å². The lowest BCUT2D eigenvalue weighted by molar-refractivity contribution is 0.0523. The third-order valence-electron chi connectivity index (χ3n) is 3.21. The number of ether oxygens (including phenoxy) is 1. The van der Waals surface area contributed by atoms with Crippen molar-refractivity contribution in [3.8, 4) is 0 Å². The van der Waals surface area contributed by atoms with E-state index in [-0.39, 0.29) is 6.09 Å². The number of alkyl carbamates (subject to hydrolysis) is 1. The first kappa shape index (κ1) is 18.5. The average molecular weight is 306 g/mol. The molecule has 0 aliphatic carbocycles. The van der Waals surface area contributed by atoms with Crippen molar-refractivity contribution in [1.82, 2.24) is 10.6 Å². The largest absolute Gasteiger partial charge is 0.444 e. The van der Waals surface area contributed by atoms with E-state index in [0.717, 1.165) is 18.7 Å². The maximum absolute atomic E-state index is 11.7. The van der Waals surface area contributed by atoms with Crippen LogP contribution in [0.25, 0.3) is 0 Å². The van der Waals surface area contributed by atoms with Crippen molar-refractivity contribution in [1.29, 1.82) is 0 Å². The summed E-state index contributed by atoms with van der Waals surface area (Å²) in [5, 5.41) is 6.28. The number of benzene rings is 1. The fourth-order valence-corrected chi connectivity index (χ4v) is 2.11. The van der Waals surface area contributed by atoms with Crippen LogP contribution in [0.4, 0.5) is 4.79 Å². The summed E-state index contributed by atoms with van der Waals surface area (Å²) in [6.45, 7) is 10.1. The standard InChI is InChI=1S/C18H30N2O2/c1-5-6-9-12-19-13-15-10-7-8-11-16(15)14-20-17(21)22-18(2,3)4/h7-8,10-11,19H,5-6,9,12-14H2,1-4H3,(H,20,21). The zero-order valence-corrected chi connectivity index (χ0v) is 14.4. The highest BCUT2D eigenvalue weighted by Gasteiger charge is 2.15. The Morgan fingerprint density at radius 2 is 1.73 bits per heavy atom. The van der Waals surface area contributed by atoms with Crippen LogP contribution in [0.1, 0.15) is 58.1 Å². The number of carbonyl (C=O) groups excluding carboxylic acids is 1. The van der Waals surface area contributed by atoms with Gasteiger partial charge in [-0.25, -0.2) is 4.79 Å². The molecule has 4 nitrogen and oxygen atoms in total. The summed E-state index contributed by atoms with van der Waals surface area (Å²) in [5.74, 6) is 0. The average Bonchev–Trinajstić information content (AvgIpc) is 2.44. The number of nitrogens with one attached hydrogen (secondary N) is 2. The SMILES string of the molecule is CCCCCNCc1ccccc1CNC(=O)OC(C)(C)C. The molecule has 0 atom stereocenters. The van der Waals surface area contributed by atoms with Crippen LogP contribution in [-0.2, 0) is 17.8 Å². The topological polar surface area (TPSA) is 50.4 Å². The predicted molar refractivity (Wildman–Crippen MR) is 90.7 cm³/mol. The van der Waals surface area contributed by atoms with Crippen LogP contribution in [0.15, 0.2) is 24.3 Å². The molecule has 0 spiro atoms. The Kier molecular flexibility index (Phi) is 7.96. The van der Waals surface area contributed by atoms with E-state index in [0.29, 0.717) is 6.54 Å². The molecule has 2 N–H and O–H groups in total. The van der Waals surface area contributed by atoms with E-state index in [9.17, 15) is 4.79 Å². The van der Waals surface area contributed by atoms with E-state index in [2.05, 4.69) is 23.6 Å². The lowest BCUT2D eigenvalue weighted by Crippen LogP contribution is -2.32. The monoisotopic (exact) mass is 306 g/mol. The Morgan fingerprint density at radius 1 is 1.09 bits per heavy atom. The fraction of sp³-hybridized carbons (Fsp3) is 0.611. The second kappa shape index (κ2) is 9.46. The van der Waals surface area contributed by atoms with E-state index in [1.54, 1.807) is 0 Å². The minimum absolute atomic E-state index is 0.377. The Balaban J connectivity index is 2.44. The van der Waals surface area contributed by atoms with Crippen LogP contribution in [0.2, 0.25) is 0 Å². The molecule has 0 saturated carbocycles. The number of hydrogen-bond donors (Lipinski definition) is 2. The van der Waals surface area contributed by atoms with Crippen molar-refractivity contribution in [2.24, 2.45) is 0 Å². The van der Waals surface area contributed by atoms with Crippen LogP contribution >= 0.6 is 0 Å². The first-order valence-corrected chi connectivity index (χ1v) is 8.16. The maximum Gasteiger partial charge on any atom is 0.407 e. The number of amides is 1. The lowest BCUT2D eigenvalue weighted by Gasteiger charge is -2.20. The highest BCUT2D eigenvalue weighted by atomic mass is 16.6. The molecule has 0 bridgehead atoms. The number of rotatable bonds is 8. The van der Waals surface area contributed by atoms with Gasteiger partial charge in [-0.1, -0.05) is 44.0 Å². The molecule has 0 unspecified atom stereocenters. The predicted octanol–water partition coefficient (Wildman–Crippen LogP) is 3.99. The zero-order valence-electron chi connectivity index (χ0n) is 14.4. The number of carbonyl (C=O) groups is 1. The minimum Gasteiger partial charge on any atom is -0.444 e. The smallest absolute Gasteiger partial charge is 0.407 e. The molecule has 1 rings (SSSR count). The summed E-state index contributed by atoms with van der Waals surface area (Å²) in [4.78, 5) is 11.7. The molecule has 0 aliphatic heterocycles. The fourth-order valence-electron chi connectivity index (χ4n) is 2.11. The van der Waals surface area contributed by atoms with E-state index in [1.807, 2.05) is 39.0 Å². The summed E-state index contributed by atoms with van der Waals surface area (Å²) in [6.07, 6.45) is 3.32. The summed E-state index contributed by atoms with van der Waals surface area (Å²) in [6, 6.07) is 8.16. The van der Waals surface area contributed by atoms with Crippen molar-refractivity contribution in [2.75, 3.05) is 6.54 Å². The molecule has 0 fully saturated rings. The minimum atomic E-state index is -0.468. The summed E-state index contributed by atoms with van der Waals surface area (Å²) >= 11 is 0. The van der Waals surface area contributed by atoms with Gasteiger partial charge >= 0.3 is 6.09 Å². The molecule has 22 heavy (non-hydrogen) atoms. The van der Waals surface area contributed by atoms with Crippen molar-refractivity contribution in [3.63, 3.8) is 0 Å². The van der Waals surface area contributed by atoms with Gasteiger partial charge in [-0.3, -0.25) is 0 Å². The first-order valence-electron chi connectivity index (χ1n) is 8.16. The van der Waals surface area contributed by atoms with Gasteiger partial charge in [-0.05, 0) is 44.9 Å². The molecule has 4 heteroatoms. The van der Waals surface area contributed by atoms with Crippen molar-refractivity contribution in [3.05, 3.63) is 35.4 Å². The summed E-state index contributed by atoms with van der Waals surface area (Å²) in [5.41, 5.74) is 1.87. The van der Waals surface area contributed by atoms with Crippen molar-refractivity contribution < 1.29 is 9.53 Å². The molecule has 124 valence electrons. The number of hydrogen-bond acceptors (Lipinski definition) is 3. The van der Waals surface area contributed by atoms with E-state index >= 15 is 0 Å². The molecular formula is C18H30N2O2. The van der Waals surface area contributed by atoms with E-state index in [1.165, 1.54) is 24.8 Å². The van der Waals surface area contributed by atoms with Gasteiger partial charge in [0.25, 0.3) is 0 Å². The molecule has 1 aromatic carbocycles. The lowest BCUT2D eigenvalue weighted by atomic mass is 10.1. The zero-order chi connectivity index (χ0) is 16.4. The second-order valence-electron chi connectivity index (χ2n) is 6.51. The third kappa shape index (κ3) is 8.03. The normalized spacial score (nSPS) is 11.3. The van der Waals surface area contributed by atoms with Crippen LogP contribution in [0.3, 0.4) is 0 Å². The van der Waals surface area contributed by atoms with Crippen molar-refractivity contribution in [2.45, 2.75) is 65.6 Å². The van der Waals surface area contributed by atoms with Crippen molar-refractivity contribution >= 4 is 6.09 Å². The van der Waals surface area contributed by atoms with Gasteiger partial charge in [0.2, 0.25) is 0 Å². The van der Waals surface area contributed by atoms with Crippen LogP contribution in [0.5, 0.6) is 0 Å². The highest BCUT2D eigenvalue weighted by Crippen LogP contribution is 2.10. The second-order valence-corrected chi connectivity index (χ2v) is 6.51. The molecule has 0 aliphatic rings. The van der Waals surface area contributed by atoms with Crippen LogP contribution < -0.4 is 10.6 Å². The molecular weight excluding hydrogens is 276 g/mol. The molecule has 0 radical (unpaired) electrons. The van der Waals surface area contributed by atoms with Crippen LogP contribution in [0, 0.1) is 0 Å². The van der Waals surface area contributed by atoms with Gasteiger partial charge in [-0.15, -0.1) is 0 Å². The maximum atomic E-state index is 11.7. The van der Waals surface area contributed by atoms with E-state index < -0.39 is 5.60 Å². The molecule has 1 amide bonds. The van der Waals surface area contributed by atoms with Crippen LogP contribution in [-0.4, -0.2) is 18.2 Å². The Labute approximate surface area is 134 Å². The summed E-state index contributed by atoms with van der Waals surface area (Å²) < 4.78 is 5.26. The first-order chi connectivity index (χ1) is 10.4. The number of unbranched alkanes of at least 4 members (excludes halogenated alkanes) is 2. The van der Waals surface area contributed by atoms with Gasteiger partial charge < -0.3 is 15.4 Å². The highest BCUT2D eigenvalue weighted by molar-refractivity contribution is 5.67. The third-order valence-corrected chi connectivity index (χ3v) is 3.21. The summed E-state index contributed by atoms with van der Waals surface area (Å²) in [7, 11) is 0. The Morgan fingerprint density at radius 3 is 2.32 bits per heavy atom. The Hall–Kier alpha value is -1.55. The quantitative estimate of drug-likeness (QED) is 0.714. The Bertz CT molecular complexity index is 453. The van der Waals surface area contributed by atoms with E-state index in [4.69, 9.17) is 4.74 Å². The van der Waals surface area contributed by atoms with Gasteiger partial charge in [-0.2, -0.15) is 0 Å². The van der Waals surface area contributed by atoms with Gasteiger partial charge in [0.15, 0.2) is 0 Å². The molecule has 0 aromatic heterocycles. The molecule has 1 aromatic rings. The molecule has 0 saturated heterocycles. The van der Waals surface area contributed by atoms with Gasteiger partial charge in [0, 0.05) is 13.1 Å².